The second kappa shape index (κ2) is 5.28. The fourth-order valence-corrected chi connectivity index (χ4v) is 5.16. The molecule has 5 atom stereocenters. The molecule has 0 radical (unpaired) electrons. The van der Waals surface area contributed by atoms with E-state index in [-0.39, 0.29) is 11.4 Å². The molecule has 114 valence electrons. The maximum atomic E-state index is 12.2. The summed E-state index contributed by atoms with van der Waals surface area (Å²) in [4.78, 5) is 12.5. The Hall–Kier alpha value is -0.0900. The Morgan fingerprint density at radius 3 is 2.70 bits per heavy atom. The lowest BCUT2D eigenvalue weighted by atomic mass is 9.82. The van der Waals surface area contributed by atoms with Crippen LogP contribution < -0.4 is 0 Å². The summed E-state index contributed by atoms with van der Waals surface area (Å²) in [5.74, 6) is 0.587. The SMILES string of the molecule is C[C@@]1(C(=O)OC[C@@H]2CCC[N+]3(C)CCCC[C@H]23)C[C@@H]1Br. The predicted molar refractivity (Wildman–Crippen MR) is 82.7 cm³/mol. The quantitative estimate of drug-likeness (QED) is 0.446. The molecule has 3 rings (SSSR count). The minimum Gasteiger partial charge on any atom is -0.465 e. The number of fused-ring (bicyclic) bond motifs is 1. The zero-order valence-corrected chi connectivity index (χ0v) is 14.3. The number of quaternary nitrogens is 1. The van der Waals surface area contributed by atoms with Gasteiger partial charge >= 0.3 is 5.97 Å². The molecule has 3 fully saturated rings. The number of rotatable bonds is 3. The van der Waals surface area contributed by atoms with Crippen molar-refractivity contribution in [3.05, 3.63) is 0 Å². The molecule has 0 aromatic rings. The third kappa shape index (κ3) is 2.54. The first kappa shape index (κ1) is 14.8. The first-order valence-corrected chi connectivity index (χ1v) is 9.03. The summed E-state index contributed by atoms with van der Waals surface area (Å²) < 4.78 is 6.92. The second-order valence-corrected chi connectivity index (χ2v) is 8.68. The van der Waals surface area contributed by atoms with Gasteiger partial charge in [0.05, 0.1) is 38.2 Å². The molecule has 0 aromatic heterocycles. The van der Waals surface area contributed by atoms with Gasteiger partial charge in [0.15, 0.2) is 0 Å². The molecule has 2 aliphatic heterocycles. The van der Waals surface area contributed by atoms with Crippen LogP contribution in [0.3, 0.4) is 0 Å². The van der Waals surface area contributed by atoms with Crippen molar-refractivity contribution in [3.63, 3.8) is 0 Å². The highest BCUT2D eigenvalue weighted by Crippen LogP contribution is 2.52. The number of hydrogen-bond donors (Lipinski definition) is 0. The van der Waals surface area contributed by atoms with Gasteiger partial charge in [0.25, 0.3) is 0 Å². The van der Waals surface area contributed by atoms with Crippen molar-refractivity contribution in [2.75, 3.05) is 26.7 Å². The van der Waals surface area contributed by atoms with Crippen molar-refractivity contribution in [3.8, 4) is 0 Å². The predicted octanol–water partition coefficient (Wildman–Crippen LogP) is 3.11. The van der Waals surface area contributed by atoms with Gasteiger partial charge in [0, 0.05) is 17.2 Å². The van der Waals surface area contributed by atoms with E-state index in [1.807, 2.05) is 6.92 Å². The largest absolute Gasteiger partial charge is 0.465 e. The van der Waals surface area contributed by atoms with Gasteiger partial charge in [-0.3, -0.25) is 4.79 Å². The molecule has 0 bridgehead atoms. The molecular formula is C16H27BrNO2+. The number of ether oxygens (including phenoxy) is 1. The first-order chi connectivity index (χ1) is 9.46. The van der Waals surface area contributed by atoms with E-state index in [0.717, 1.165) is 12.5 Å². The van der Waals surface area contributed by atoms with Crippen LogP contribution in [0.25, 0.3) is 0 Å². The second-order valence-electron chi connectivity index (χ2n) is 7.58. The number of alkyl halides is 1. The van der Waals surface area contributed by atoms with Gasteiger partial charge in [-0.25, -0.2) is 0 Å². The van der Waals surface area contributed by atoms with Crippen LogP contribution in [0.5, 0.6) is 0 Å². The molecule has 2 saturated heterocycles. The summed E-state index contributed by atoms with van der Waals surface area (Å²) in [7, 11) is 2.41. The van der Waals surface area contributed by atoms with Gasteiger partial charge in [-0.05, 0) is 39.0 Å². The Morgan fingerprint density at radius 2 is 2.00 bits per heavy atom. The lowest BCUT2D eigenvalue weighted by Crippen LogP contribution is -2.61. The Labute approximate surface area is 130 Å². The Morgan fingerprint density at radius 1 is 1.30 bits per heavy atom. The van der Waals surface area contributed by atoms with E-state index in [2.05, 4.69) is 23.0 Å². The lowest BCUT2D eigenvalue weighted by Gasteiger charge is -2.51. The summed E-state index contributed by atoms with van der Waals surface area (Å²) in [6, 6.07) is 0.720. The third-order valence-corrected chi connectivity index (χ3v) is 7.37. The van der Waals surface area contributed by atoms with E-state index in [1.165, 1.54) is 49.7 Å². The molecule has 4 heteroatoms. The lowest BCUT2D eigenvalue weighted by molar-refractivity contribution is -0.947. The Bertz CT molecular complexity index is 398. The van der Waals surface area contributed by atoms with E-state index in [1.54, 1.807) is 0 Å². The van der Waals surface area contributed by atoms with Gasteiger partial charge < -0.3 is 9.22 Å². The number of carbonyl (C=O) groups is 1. The molecule has 1 saturated carbocycles. The molecule has 3 aliphatic rings. The highest BCUT2D eigenvalue weighted by atomic mass is 79.9. The van der Waals surface area contributed by atoms with Crippen LogP contribution >= 0.6 is 15.9 Å². The number of nitrogens with zero attached hydrogens (tertiary/aromatic N) is 1. The maximum Gasteiger partial charge on any atom is 0.312 e. The first-order valence-electron chi connectivity index (χ1n) is 8.11. The standard InChI is InChI=1S/C16H27BrNO2/c1-16(10-14(16)17)15(19)20-11-12-6-5-9-18(2)8-4-3-7-13(12)18/h12-14H,3-11H2,1-2H3/q+1/t12-,13+,14-,16+,18?/m0/s1. The van der Waals surface area contributed by atoms with Crippen LogP contribution in [0.15, 0.2) is 0 Å². The van der Waals surface area contributed by atoms with Gasteiger partial charge in [0.1, 0.15) is 0 Å². The van der Waals surface area contributed by atoms with E-state index in [4.69, 9.17) is 4.74 Å². The van der Waals surface area contributed by atoms with Crippen LogP contribution in [0, 0.1) is 11.3 Å². The average Bonchev–Trinajstić information content (AvgIpc) is 3.04. The van der Waals surface area contributed by atoms with Crippen LogP contribution in [-0.2, 0) is 9.53 Å². The summed E-state index contributed by atoms with van der Waals surface area (Å²) >= 11 is 3.53. The van der Waals surface area contributed by atoms with E-state index in [9.17, 15) is 4.79 Å². The monoisotopic (exact) mass is 344 g/mol. The van der Waals surface area contributed by atoms with Crippen molar-refractivity contribution >= 4 is 21.9 Å². The molecule has 0 amide bonds. The average molecular weight is 345 g/mol. The minimum atomic E-state index is -0.251. The molecule has 1 unspecified atom stereocenters. The highest BCUT2D eigenvalue weighted by molar-refractivity contribution is 9.09. The normalized spacial score (nSPS) is 47.5. The van der Waals surface area contributed by atoms with Crippen molar-refractivity contribution in [1.82, 2.24) is 0 Å². The topological polar surface area (TPSA) is 26.3 Å². The van der Waals surface area contributed by atoms with Crippen molar-refractivity contribution in [1.29, 1.82) is 0 Å². The molecule has 0 spiro atoms. The van der Waals surface area contributed by atoms with Crippen LogP contribution in [-0.4, -0.2) is 48.1 Å². The van der Waals surface area contributed by atoms with Crippen LogP contribution in [0.1, 0.15) is 45.4 Å². The molecular weight excluding hydrogens is 318 g/mol. The van der Waals surface area contributed by atoms with E-state index < -0.39 is 0 Å². The smallest absolute Gasteiger partial charge is 0.312 e. The molecule has 0 aromatic carbocycles. The Kier molecular flexibility index (Phi) is 3.91. The van der Waals surface area contributed by atoms with Crippen molar-refractivity contribution < 1.29 is 14.0 Å². The molecule has 20 heavy (non-hydrogen) atoms. The third-order valence-electron chi connectivity index (χ3n) is 6.04. The fourth-order valence-electron chi connectivity index (χ4n) is 4.30. The van der Waals surface area contributed by atoms with Crippen LogP contribution in [0.4, 0.5) is 0 Å². The fraction of sp³-hybridized carbons (Fsp3) is 0.938. The maximum absolute atomic E-state index is 12.2. The summed E-state index contributed by atoms with van der Waals surface area (Å²) in [5, 5.41) is 0. The number of hydrogen-bond acceptors (Lipinski definition) is 2. The van der Waals surface area contributed by atoms with Crippen molar-refractivity contribution in [2.24, 2.45) is 11.3 Å². The minimum absolute atomic E-state index is 0.00922. The van der Waals surface area contributed by atoms with Crippen LogP contribution in [0.2, 0.25) is 0 Å². The zero-order chi connectivity index (χ0) is 14.4. The summed E-state index contributed by atoms with van der Waals surface area (Å²) in [6.45, 7) is 5.29. The van der Waals surface area contributed by atoms with Gasteiger partial charge in [0.2, 0.25) is 0 Å². The van der Waals surface area contributed by atoms with Gasteiger partial charge in [-0.15, -0.1) is 0 Å². The number of esters is 1. The zero-order valence-electron chi connectivity index (χ0n) is 12.7. The molecule has 0 N–H and O–H groups in total. The summed E-state index contributed by atoms with van der Waals surface area (Å²) in [5.41, 5.74) is -0.251. The Balaban J connectivity index is 1.58. The van der Waals surface area contributed by atoms with E-state index in [0.29, 0.717) is 17.4 Å². The number of piperidine rings is 2. The number of carbonyl (C=O) groups excluding carboxylic acids is 1. The molecule has 3 nitrogen and oxygen atoms in total. The molecule has 1 aliphatic carbocycles. The number of halogens is 1. The van der Waals surface area contributed by atoms with E-state index >= 15 is 0 Å². The highest BCUT2D eigenvalue weighted by Gasteiger charge is 2.56. The summed E-state index contributed by atoms with van der Waals surface area (Å²) in [6.07, 6.45) is 7.48. The molecule has 2 heterocycles. The van der Waals surface area contributed by atoms with Crippen molar-refractivity contribution in [2.45, 2.75) is 56.3 Å². The van der Waals surface area contributed by atoms with Gasteiger partial charge in [-0.1, -0.05) is 15.9 Å². The van der Waals surface area contributed by atoms with Gasteiger partial charge in [-0.2, -0.15) is 0 Å².